The van der Waals surface area contributed by atoms with E-state index in [1.54, 1.807) is 6.92 Å². The predicted molar refractivity (Wildman–Crippen MR) is 111 cm³/mol. The Kier molecular flexibility index (Phi) is 5.15. The van der Waals surface area contributed by atoms with Crippen molar-refractivity contribution in [3.8, 4) is 16.9 Å². The van der Waals surface area contributed by atoms with Gasteiger partial charge in [-0.1, -0.05) is 0 Å². The first kappa shape index (κ1) is 19.0. The van der Waals surface area contributed by atoms with Crippen LogP contribution < -0.4 is 9.64 Å². The highest BCUT2D eigenvalue weighted by molar-refractivity contribution is 5.95. The number of aromatic nitrogens is 2. The van der Waals surface area contributed by atoms with Gasteiger partial charge >= 0.3 is 0 Å². The third kappa shape index (κ3) is 3.65. The Morgan fingerprint density at radius 2 is 2.07 bits per heavy atom. The zero-order chi connectivity index (χ0) is 19.8. The molecule has 28 heavy (non-hydrogen) atoms. The van der Waals surface area contributed by atoms with Gasteiger partial charge < -0.3 is 14.5 Å². The van der Waals surface area contributed by atoms with Crippen LogP contribution in [0.2, 0.25) is 0 Å². The van der Waals surface area contributed by atoms with Crippen molar-refractivity contribution in [2.24, 2.45) is 0 Å². The van der Waals surface area contributed by atoms with E-state index in [0.29, 0.717) is 12.6 Å². The van der Waals surface area contributed by atoms with Crippen molar-refractivity contribution in [1.82, 2.24) is 14.7 Å². The first-order valence-corrected chi connectivity index (χ1v) is 10.2. The number of carbonyl (C=O) groups is 1. The van der Waals surface area contributed by atoms with Gasteiger partial charge in [0.1, 0.15) is 12.4 Å². The molecule has 6 heteroatoms. The lowest BCUT2D eigenvalue weighted by Crippen LogP contribution is -2.40. The molecular weight excluding hydrogens is 352 g/mol. The molecule has 1 aliphatic heterocycles. The van der Waals surface area contributed by atoms with E-state index in [1.807, 2.05) is 25.2 Å². The number of fused-ring (bicyclic) bond motifs is 1. The average Bonchev–Trinajstić information content (AvgIpc) is 3.38. The molecule has 1 aromatic heterocycles. The normalized spacial score (nSPS) is 19.0. The second-order valence-corrected chi connectivity index (χ2v) is 8.31. The van der Waals surface area contributed by atoms with E-state index < -0.39 is 0 Å². The van der Waals surface area contributed by atoms with Gasteiger partial charge in [-0.15, -0.1) is 0 Å². The zero-order valence-corrected chi connectivity index (χ0v) is 17.3. The molecule has 150 valence electrons. The lowest BCUT2D eigenvalue weighted by Gasteiger charge is -2.36. The van der Waals surface area contributed by atoms with Gasteiger partial charge in [0.15, 0.2) is 0 Å². The highest BCUT2D eigenvalue weighted by Gasteiger charge is 2.30. The number of hydrogen-bond donors (Lipinski definition) is 0. The van der Waals surface area contributed by atoms with Crippen molar-refractivity contribution >= 4 is 11.6 Å². The van der Waals surface area contributed by atoms with Crippen LogP contribution in [-0.4, -0.2) is 53.9 Å². The lowest BCUT2D eigenvalue weighted by molar-refractivity contribution is -0.117. The summed E-state index contributed by atoms with van der Waals surface area (Å²) in [6.07, 6.45) is 8.36. The topological polar surface area (TPSA) is 50.6 Å². The summed E-state index contributed by atoms with van der Waals surface area (Å²) in [4.78, 5) is 16.3. The highest BCUT2D eigenvalue weighted by Crippen LogP contribution is 2.43. The molecule has 1 amide bonds. The summed E-state index contributed by atoms with van der Waals surface area (Å²) in [6.45, 7) is 5.22. The molecule has 1 aromatic carbocycles. The third-order valence-electron chi connectivity index (χ3n) is 5.71. The van der Waals surface area contributed by atoms with E-state index in [1.165, 1.54) is 12.8 Å². The van der Waals surface area contributed by atoms with Gasteiger partial charge in [-0.2, -0.15) is 5.10 Å². The van der Waals surface area contributed by atoms with Crippen LogP contribution in [0.15, 0.2) is 24.5 Å². The number of anilines is 1. The monoisotopic (exact) mass is 382 g/mol. The molecule has 0 N–H and O–H groups in total. The van der Waals surface area contributed by atoms with Crippen molar-refractivity contribution in [3.63, 3.8) is 0 Å². The molecule has 2 aromatic rings. The quantitative estimate of drug-likeness (QED) is 0.767. The maximum atomic E-state index is 12.3. The van der Waals surface area contributed by atoms with Gasteiger partial charge in [-0.25, -0.2) is 0 Å². The molecule has 4 rings (SSSR count). The van der Waals surface area contributed by atoms with E-state index in [9.17, 15) is 4.79 Å². The summed E-state index contributed by atoms with van der Waals surface area (Å²) < 4.78 is 8.40. The van der Waals surface area contributed by atoms with Crippen LogP contribution in [-0.2, 0) is 11.2 Å². The minimum absolute atomic E-state index is 0.0852. The molecule has 6 nitrogen and oxygen atoms in total. The molecule has 0 bridgehead atoms. The molecule has 0 spiro atoms. The first-order chi connectivity index (χ1) is 13.5. The van der Waals surface area contributed by atoms with Crippen LogP contribution in [0.3, 0.4) is 0 Å². The summed E-state index contributed by atoms with van der Waals surface area (Å²) in [5, 5.41) is 4.56. The molecule has 1 fully saturated rings. The Bertz CT molecular complexity index is 869. The van der Waals surface area contributed by atoms with Crippen LogP contribution in [0.25, 0.3) is 11.1 Å². The van der Waals surface area contributed by atoms with E-state index in [2.05, 4.69) is 39.9 Å². The van der Waals surface area contributed by atoms with Crippen LogP contribution >= 0.6 is 0 Å². The van der Waals surface area contributed by atoms with Crippen molar-refractivity contribution in [3.05, 3.63) is 30.1 Å². The summed E-state index contributed by atoms with van der Waals surface area (Å²) in [5.41, 5.74) is 4.29. The molecule has 2 heterocycles. The van der Waals surface area contributed by atoms with Crippen molar-refractivity contribution in [2.45, 2.75) is 51.6 Å². The fourth-order valence-electron chi connectivity index (χ4n) is 4.02. The maximum Gasteiger partial charge on any atom is 0.224 e. The number of benzene rings is 1. The smallest absolute Gasteiger partial charge is 0.224 e. The number of carbonyl (C=O) groups excluding carboxylic acids is 1. The number of amides is 1. The van der Waals surface area contributed by atoms with Crippen LogP contribution in [0.5, 0.6) is 5.75 Å². The summed E-state index contributed by atoms with van der Waals surface area (Å²) >= 11 is 0. The Labute approximate surface area is 167 Å². The first-order valence-electron chi connectivity index (χ1n) is 10.2. The summed E-state index contributed by atoms with van der Waals surface area (Å²) in [5.74, 6) is 0.995. The summed E-state index contributed by atoms with van der Waals surface area (Å²) in [7, 11) is 4.09. The third-order valence-corrected chi connectivity index (χ3v) is 5.71. The van der Waals surface area contributed by atoms with Gasteiger partial charge in [0, 0.05) is 42.4 Å². The Morgan fingerprint density at radius 3 is 2.75 bits per heavy atom. The van der Waals surface area contributed by atoms with E-state index in [-0.39, 0.29) is 11.9 Å². The maximum absolute atomic E-state index is 12.3. The average molecular weight is 383 g/mol. The number of likely N-dealkylation sites (N-methyl/N-ethyl adjacent to an activating group) is 1. The number of ether oxygens (including phenoxy) is 1. The molecule has 1 unspecified atom stereocenters. The van der Waals surface area contributed by atoms with Crippen LogP contribution in [0, 0.1) is 0 Å². The van der Waals surface area contributed by atoms with E-state index in [4.69, 9.17) is 4.74 Å². The second kappa shape index (κ2) is 7.59. The standard InChI is InChI=1S/C22H30N4O2/c1-15-5-8-20-21(26(15)16(2)27)10-9-19(22(20)28-12-11-24(3)4)17-13-23-25(14-17)18-6-7-18/h9-10,13-15,18H,5-8,11-12H2,1-4H3. The van der Waals surface area contributed by atoms with Gasteiger partial charge in [0.25, 0.3) is 0 Å². The zero-order valence-electron chi connectivity index (χ0n) is 17.3. The molecule has 1 aliphatic carbocycles. The van der Waals surface area contributed by atoms with Crippen molar-refractivity contribution in [2.75, 3.05) is 32.1 Å². The summed E-state index contributed by atoms with van der Waals surface area (Å²) in [6, 6.07) is 4.93. The minimum atomic E-state index is 0.0852. The number of nitrogens with zero attached hydrogens (tertiary/aromatic N) is 4. The van der Waals surface area contributed by atoms with Gasteiger partial charge in [0.2, 0.25) is 5.91 Å². The van der Waals surface area contributed by atoms with Crippen molar-refractivity contribution < 1.29 is 9.53 Å². The molecule has 0 saturated heterocycles. The van der Waals surface area contributed by atoms with E-state index in [0.717, 1.165) is 47.5 Å². The largest absolute Gasteiger partial charge is 0.491 e. The van der Waals surface area contributed by atoms with Gasteiger partial charge in [0.05, 0.1) is 17.9 Å². The molecule has 1 atom stereocenters. The minimum Gasteiger partial charge on any atom is -0.491 e. The highest BCUT2D eigenvalue weighted by atomic mass is 16.5. The fraction of sp³-hybridized carbons (Fsp3) is 0.545. The molecule has 0 radical (unpaired) electrons. The van der Waals surface area contributed by atoms with Gasteiger partial charge in [-0.05, 0) is 58.8 Å². The Hall–Kier alpha value is -2.34. The van der Waals surface area contributed by atoms with Crippen molar-refractivity contribution in [1.29, 1.82) is 0 Å². The fourth-order valence-corrected chi connectivity index (χ4v) is 4.02. The van der Waals surface area contributed by atoms with Gasteiger partial charge in [-0.3, -0.25) is 9.48 Å². The number of hydrogen-bond acceptors (Lipinski definition) is 4. The second-order valence-electron chi connectivity index (χ2n) is 8.31. The van der Waals surface area contributed by atoms with E-state index >= 15 is 0 Å². The molecule has 1 saturated carbocycles. The SMILES string of the molecule is CC(=O)N1c2ccc(-c3cnn(C4CC4)c3)c(OCCN(C)C)c2CCC1C. The molecular formula is C22H30N4O2. The molecule has 2 aliphatic rings. The predicted octanol–water partition coefficient (Wildman–Crippen LogP) is 3.51. The Balaban J connectivity index is 1.75. The Morgan fingerprint density at radius 1 is 1.29 bits per heavy atom. The van der Waals surface area contributed by atoms with Crippen LogP contribution in [0.1, 0.15) is 44.7 Å². The van der Waals surface area contributed by atoms with Crippen LogP contribution in [0.4, 0.5) is 5.69 Å². The lowest BCUT2D eigenvalue weighted by atomic mass is 9.92. The number of rotatable bonds is 6.